The van der Waals surface area contributed by atoms with Gasteiger partial charge in [-0.3, -0.25) is 4.79 Å². The van der Waals surface area contributed by atoms with Gasteiger partial charge in [-0.25, -0.2) is 13.1 Å². The fourth-order valence-electron chi connectivity index (χ4n) is 2.54. The summed E-state index contributed by atoms with van der Waals surface area (Å²) in [7, 11) is -1.59. The van der Waals surface area contributed by atoms with Crippen LogP contribution in [0.4, 0.5) is 0 Å². The van der Waals surface area contributed by atoms with E-state index in [-0.39, 0.29) is 11.9 Å². The van der Waals surface area contributed by atoms with Crippen LogP contribution in [-0.4, -0.2) is 51.7 Å². The Morgan fingerprint density at radius 2 is 2.04 bits per heavy atom. The minimum absolute atomic E-state index is 0.0642. The zero-order valence-corrected chi connectivity index (χ0v) is 14.2. The molecule has 0 spiro atoms. The predicted octanol–water partition coefficient (Wildman–Crippen LogP) is 1.25. The first-order valence-corrected chi connectivity index (χ1v) is 9.35. The fourth-order valence-corrected chi connectivity index (χ4v) is 3.38. The molecule has 1 N–H and O–H groups in total. The highest BCUT2D eigenvalue weighted by atomic mass is 32.2. The number of methoxy groups -OCH3 is 1. The van der Waals surface area contributed by atoms with Crippen molar-refractivity contribution in [2.75, 3.05) is 26.5 Å². The first kappa shape index (κ1) is 17.5. The number of amides is 1. The summed E-state index contributed by atoms with van der Waals surface area (Å²) >= 11 is 0. The number of nitrogens with zero attached hydrogens (tertiary/aromatic N) is 1. The molecule has 0 saturated carbocycles. The van der Waals surface area contributed by atoms with Gasteiger partial charge in [0.1, 0.15) is 5.75 Å². The third-order valence-corrected chi connectivity index (χ3v) is 4.46. The number of nitrogens with one attached hydrogen (secondary N) is 1. The fraction of sp³-hybridized carbons (Fsp3) is 0.438. The van der Waals surface area contributed by atoms with Gasteiger partial charge in [-0.1, -0.05) is 12.1 Å². The maximum absolute atomic E-state index is 12.2. The van der Waals surface area contributed by atoms with Gasteiger partial charge in [-0.15, -0.1) is 0 Å². The zero-order valence-electron chi connectivity index (χ0n) is 13.4. The lowest BCUT2D eigenvalue weighted by atomic mass is 10.1. The molecule has 0 aromatic heterocycles. The van der Waals surface area contributed by atoms with E-state index in [1.807, 2.05) is 24.3 Å². The average Bonchev–Trinajstić information content (AvgIpc) is 2.52. The number of carbonyl (C=O) groups excluding carboxylic acids is 1. The standard InChI is InChI=1S/C16H22N2O4S/c1-22-15-5-3-4-13(12-15)6-7-16(19)18-10-8-14(9-11-18)17-23(2,20)21/h3-7,12,14,17H,8-11H2,1-2H3/b7-6+. The maximum atomic E-state index is 12.2. The summed E-state index contributed by atoms with van der Waals surface area (Å²) in [4.78, 5) is 13.9. The lowest BCUT2D eigenvalue weighted by Crippen LogP contribution is -2.45. The average molecular weight is 338 g/mol. The molecule has 6 nitrogen and oxygen atoms in total. The van der Waals surface area contributed by atoms with Crippen molar-refractivity contribution >= 4 is 22.0 Å². The van der Waals surface area contributed by atoms with E-state index in [1.165, 1.54) is 0 Å². The topological polar surface area (TPSA) is 75.7 Å². The molecule has 7 heteroatoms. The number of rotatable bonds is 5. The van der Waals surface area contributed by atoms with Crippen LogP contribution in [0.2, 0.25) is 0 Å². The molecule has 0 bridgehead atoms. The van der Waals surface area contributed by atoms with Crippen LogP contribution in [0.1, 0.15) is 18.4 Å². The Kier molecular flexibility index (Phi) is 5.79. The van der Waals surface area contributed by atoms with Crippen molar-refractivity contribution < 1.29 is 17.9 Å². The van der Waals surface area contributed by atoms with Gasteiger partial charge in [0.05, 0.1) is 13.4 Å². The van der Waals surface area contributed by atoms with Gasteiger partial charge >= 0.3 is 0 Å². The van der Waals surface area contributed by atoms with Gasteiger partial charge < -0.3 is 9.64 Å². The van der Waals surface area contributed by atoms with E-state index < -0.39 is 10.0 Å². The quantitative estimate of drug-likeness (QED) is 0.820. The molecular formula is C16H22N2O4S. The molecule has 1 aliphatic rings. The molecule has 0 aliphatic carbocycles. The largest absolute Gasteiger partial charge is 0.497 e. The van der Waals surface area contributed by atoms with Crippen LogP contribution < -0.4 is 9.46 Å². The molecule has 126 valence electrons. The van der Waals surface area contributed by atoms with E-state index in [0.29, 0.717) is 25.9 Å². The number of likely N-dealkylation sites (tertiary alicyclic amines) is 1. The summed E-state index contributed by atoms with van der Waals surface area (Å²) in [6.07, 6.45) is 5.71. The molecule has 1 aromatic rings. The number of sulfonamides is 1. The summed E-state index contributed by atoms with van der Waals surface area (Å²) in [6, 6.07) is 7.38. The van der Waals surface area contributed by atoms with Crippen molar-refractivity contribution in [1.29, 1.82) is 0 Å². The second-order valence-corrected chi connectivity index (χ2v) is 7.38. The molecule has 1 saturated heterocycles. The van der Waals surface area contributed by atoms with Crippen molar-refractivity contribution in [3.8, 4) is 5.75 Å². The molecule has 0 atom stereocenters. The first-order valence-electron chi connectivity index (χ1n) is 7.46. The molecule has 1 amide bonds. The Labute approximate surface area is 137 Å². The predicted molar refractivity (Wildman–Crippen MR) is 89.6 cm³/mol. The van der Waals surface area contributed by atoms with Gasteiger partial charge in [0.2, 0.25) is 15.9 Å². The van der Waals surface area contributed by atoms with Crippen LogP contribution in [0.5, 0.6) is 5.75 Å². The number of hydrogen-bond donors (Lipinski definition) is 1. The van der Waals surface area contributed by atoms with Crippen LogP contribution in [0, 0.1) is 0 Å². The summed E-state index contributed by atoms with van der Waals surface area (Å²) < 4.78 is 30.2. The van der Waals surface area contributed by atoms with E-state index in [9.17, 15) is 13.2 Å². The lowest BCUT2D eigenvalue weighted by Gasteiger charge is -2.31. The van der Waals surface area contributed by atoms with E-state index in [4.69, 9.17) is 4.74 Å². The molecule has 0 radical (unpaired) electrons. The van der Waals surface area contributed by atoms with Gasteiger partial charge in [0, 0.05) is 25.2 Å². The molecule has 1 aromatic carbocycles. The van der Waals surface area contributed by atoms with Gasteiger partial charge in [0.25, 0.3) is 0 Å². The van der Waals surface area contributed by atoms with Crippen molar-refractivity contribution in [2.45, 2.75) is 18.9 Å². The SMILES string of the molecule is COc1cccc(/C=C/C(=O)N2CCC(NS(C)(=O)=O)CC2)c1. The highest BCUT2D eigenvalue weighted by Crippen LogP contribution is 2.15. The Bertz CT molecular complexity index is 677. The Balaban J connectivity index is 1.88. The molecule has 1 aliphatic heterocycles. The lowest BCUT2D eigenvalue weighted by molar-refractivity contribution is -0.126. The highest BCUT2D eigenvalue weighted by molar-refractivity contribution is 7.88. The highest BCUT2D eigenvalue weighted by Gasteiger charge is 2.23. The minimum atomic E-state index is -3.19. The van der Waals surface area contributed by atoms with E-state index in [0.717, 1.165) is 17.6 Å². The summed E-state index contributed by atoms with van der Waals surface area (Å²) in [5.41, 5.74) is 0.895. The molecular weight excluding hydrogens is 316 g/mol. The Morgan fingerprint density at radius 1 is 1.35 bits per heavy atom. The molecule has 23 heavy (non-hydrogen) atoms. The second kappa shape index (κ2) is 7.61. The van der Waals surface area contributed by atoms with Gasteiger partial charge in [-0.05, 0) is 36.6 Å². The second-order valence-electron chi connectivity index (χ2n) is 5.60. The van der Waals surface area contributed by atoms with Crippen molar-refractivity contribution in [3.05, 3.63) is 35.9 Å². The maximum Gasteiger partial charge on any atom is 0.246 e. The monoisotopic (exact) mass is 338 g/mol. The Morgan fingerprint density at radius 3 is 2.65 bits per heavy atom. The third kappa shape index (κ3) is 5.69. The van der Waals surface area contributed by atoms with Crippen LogP contribution >= 0.6 is 0 Å². The smallest absolute Gasteiger partial charge is 0.246 e. The van der Waals surface area contributed by atoms with Crippen LogP contribution in [-0.2, 0) is 14.8 Å². The van der Waals surface area contributed by atoms with Crippen molar-refractivity contribution in [1.82, 2.24) is 9.62 Å². The number of benzene rings is 1. The molecule has 1 fully saturated rings. The van der Waals surface area contributed by atoms with Crippen LogP contribution in [0.25, 0.3) is 6.08 Å². The van der Waals surface area contributed by atoms with Gasteiger partial charge in [-0.2, -0.15) is 0 Å². The van der Waals surface area contributed by atoms with E-state index in [1.54, 1.807) is 24.2 Å². The summed E-state index contributed by atoms with van der Waals surface area (Å²) in [5, 5.41) is 0. The number of piperidine rings is 1. The molecule has 2 rings (SSSR count). The number of hydrogen-bond acceptors (Lipinski definition) is 4. The number of carbonyl (C=O) groups is 1. The molecule has 1 heterocycles. The van der Waals surface area contributed by atoms with Gasteiger partial charge in [0.15, 0.2) is 0 Å². The molecule has 0 unspecified atom stereocenters. The third-order valence-electron chi connectivity index (χ3n) is 3.70. The van der Waals surface area contributed by atoms with E-state index >= 15 is 0 Å². The van der Waals surface area contributed by atoms with E-state index in [2.05, 4.69) is 4.72 Å². The van der Waals surface area contributed by atoms with Crippen molar-refractivity contribution in [2.24, 2.45) is 0 Å². The first-order chi connectivity index (χ1) is 10.9. The van der Waals surface area contributed by atoms with Crippen LogP contribution in [0.3, 0.4) is 0 Å². The normalized spacial score (nSPS) is 16.7. The van der Waals surface area contributed by atoms with Crippen LogP contribution in [0.15, 0.2) is 30.3 Å². The summed E-state index contributed by atoms with van der Waals surface area (Å²) in [6.45, 7) is 1.10. The number of ether oxygens (including phenoxy) is 1. The summed E-state index contributed by atoms with van der Waals surface area (Å²) in [5.74, 6) is 0.679. The van der Waals surface area contributed by atoms with Crippen molar-refractivity contribution in [3.63, 3.8) is 0 Å². The minimum Gasteiger partial charge on any atom is -0.497 e. The zero-order chi connectivity index (χ0) is 16.9. The Hall–Kier alpha value is -1.86.